The van der Waals surface area contributed by atoms with Crippen molar-refractivity contribution in [2.24, 2.45) is 0 Å². The monoisotopic (exact) mass is 338 g/mol. The molecule has 2 nitrogen and oxygen atoms in total. The number of rotatable bonds is 3. The molecular weight excluding hydrogens is 331 g/mol. The minimum absolute atomic E-state index is 0.00618. The van der Waals surface area contributed by atoms with Crippen LogP contribution >= 0.6 is 27.5 Å². The summed E-state index contributed by atoms with van der Waals surface area (Å²) in [5.74, 6) is -0.574. The highest BCUT2D eigenvalue weighted by molar-refractivity contribution is 9.10. The molecule has 19 heavy (non-hydrogen) atoms. The molecule has 0 radical (unpaired) electrons. The van der Waals surface area contributed by atoms with Gasteiger partial charge in [-0.05, 0) is 34.1 Å². The fraction of sp³-hybridized carbons (Fsp3) is 0.0714. The van der Waals surface area contributed by atoms with Gasteiger partial charge in [0.1, 0.15) is 11.9 Å². The first-order valence-corrected chi connectivity index (χ1v) is 6.65. The van der Waals surface area contributed by atoms with Crippen LogP contribution in [0.4, 0.5) is 10.1 Å². The van der Waals surface area contributed by atoms with E-state index in [-0.39, 0.29) is 10.6 Å². The standard InChI is InChI=1S/C14H9BrClFN2/c15-10-5-1-2-7-12(10)19-13(8-18)9-4-3-6-11(16)14(9)17/h1-7,13,19H. The maximum atomic E-state index is 13.9. The first-order chi connectivity index (χ1) is 9.13. The highest BCUT2D eigenvalue weighted by Crippen LogP contribution is 2.29. The SMILES string of the molecule is N#CC(Nc1ccccc1Br)c1cccc(Cl)c1F. The normalized spacial score (nSPS) is 11.7. The summed E-state index contributed by atoms with van der Waals surface area (Å²) < 4.78 is 14.7. The average Bonchev–Trinajstić information content (AvgIpc) is 2.41. The van der Waals surface area contributed by atoms with Crippen molar-refractivity contribution >= 4 is 33.2 Å². The van der Waals surface area contributed by atoms with Crippen molar-refractivity contribution in [3.63, 3.8) is 0 Å². The van der Waals surface area contributed by atoms with Crippen LogP contribution in [0.2, 0.25) is 5.02 Å². The molecule has 0 aliphatic heterocycles. The van der Waals surface area contributed by atoms with E-state index in [2.05, 4.69) is 21.2 Å². The van der Waals surface area contributed by atoms with E-state index >= 15 is 0 Å². The van der Waals surface area contributed by atoms with Gasteiger partial charge in [0, 0.05) is 15.7 Å². The van der Waals surface area contributed by atoms with Crippen LogP contribution in [-0.2, 0) is 0 Å². The van der Waals surface area contributed by atoms with Crippen LogP contribution < -0.4 is 5.32 Å². The van der Waals surface area contributed by atoms with Crippen molar-refractivity contribution in [3.8, 4) is 6.07 Å². The molecule has 0 aliphatic rings. The second-order valence-corrected chi connectivity index (χ2v) is 5.09. The van der Waals surface area contributed by atoms with Gasteiger partial charge in [0.05, 0.1) is 11.1 Å². The molecule has 96 valence electrons. The number of benzene rings is 2. The number of halogens is 3. The van der Waals surface area contributed by atoms with E-state index in [0.29, 0.717) is 5.69 Å². The van der Waals surface area contributed by atoms with Crippen LogP contribution in [0, 0.1) is 17.1 Å². The molecule has 0 bridgehead atoms. The predicted molar refractivity (Wildman–Crippen MR) is 77.5 cm³/mol. The summed E-state index contributed by atoms with van der Waals surface area (Å²) in [4.78, 5) is 0. The molecule has 2 rings (SSSR count). The Bertz CT molecular complexity index is 640. The zero-order valence-corrected chi connectivity index (χ0v) is 12.0. The summed E-state index contributed by atoms with van der Waals surface area (Å²) in [6.45, 7) is 0. The number of nitrogens with one attached hydrogen (secondary N) is 1. The number of hydrogen-bond donors (Lipinski definition) is 1. The van der Waals surface area contributed by atoms with E-state index in [0.717, 1.165) is 4.47 Å². The number of nitrogens with zero attached hydrogens (tertiary/aromatic N) is 1. The van der Waals surface area contributed by atoms with Gasteiger partial charge in [-0.25, -0.2) is 4.39 Å². The van der Waals surface area contributed by atoms with E-state index in [1.807, 2.05) is 24.3 Å². The summed E-state index contributed by atoms with van der Waals surface area (Å²) >= 11 is 9.10. The lowest BCUT2D eigenvalue weighted by Crippen LogP contribution is -2.11. The third-order valence-electron chi connectivity index (χ3n) is 2.60. The van der Waals surface area contributed by atoms with Gasteiger partial charge in [-0.15, -0.1) is 0 Å². The summed E-state index contributed by atoms with van der Waals surface area (Å²) in [6, 6.07) is 13.2. The fourth-order valence-electron chi connectivity index (χ4n) is 1.66. The average molecular weight is 340 g/mol. The Labute approximate surface area is 123 Å². The Kier molecular flexibility index (Phi) is 4.41. The third-order valence-corrected chi connectivity index (χ3v) is 3.58. The predicted octanol–water partition coefficient (Wildman–Crippen LogP) is 4.92. The van der Waals surface area contributed by atoms with Crippen LogP contribution in [0.25, 0.3) is 0 Å². The molecule has 1 unspecified atom stereocenters. The molecule has 2 aromatic carbocycles. The minimum atomic E-state index is -0.808. The lowest BCUT2D eigenvalue weighted by molar-refractivity contribution is 0.608. The van der Waals surface area contributed by atoms with Crippen LogP contribution in [0.15, 0.2) is 46.9 Å². The van der Waals surface area contributed by atoms with E-state index in [1.165, 1.54) is 6.07 Å². The van der Waals surface area contributed by atoms with Crippen molar-refractivity contribution < 1.29 is 4.39 Å². The second-order valence-electron chi connectivity index (χ2n) is 3.83. The van der Waals surface area contributed by atoms with Crippen molar-refractivity contribution in [1.29, 1.82) is 5.26 Å². The van der Waals surface area contributed by atoms with Crippen molar-refractivity contribution in [2.75, 3.05) is 5.32 Å². The summed E-state index contributed by atoms with van der Waals surface area (Å²) in [6.07, 6.45) is 0. The molecular formula is C14H9BrClFN2. The maximum Gasteiger partial charge on any atom is 0.148 e. The smallest absolute Gasteiger partial charge is 0.148 e. The van der Waals surface area contributed by atoms with E-state index < -0.39 is 11.9 Å². The molecule has 5 heteroatoms. The van der Waals surface area contributed by atoms with Crippen LogP contribution in [0.3, 0.4) is 0 Å². The van der Waals surface area contributed by atoms with Gasteiger partial charge in [-0.2, -0.15) is 5.26 Å². The largest absolute Gasteiger partial charge is 0.365 e. The summed E-state index contributed by atoms with van der Waals surface area (Å²) in [5, 5.41) is 12.2. The van der Waals surface area contributed by atoms with Gasteiger partial charge >= 0.3 is 0 Å². The maximum absolute atomic E-state index is 13.9. The Balaban J connectivity index is 2.34. The van der Waals surface area contributed by atoms with Crippen molar-refractivity contribution in [3.05, 3.63) is 63.3 Å². The lowest BCUT2D eigenvalue weighted by atomic mass is 10.1. The molecule has 1 atom stereocenters. The topological polar surface area (TPSA) is 35.8 Å². The van der Waals surface area contributed by atoms with Gasteiger partial charge in [-0.3, -0.25) is 0 Å². The highest BCUT2D eigenvalue weighted by atomic mass is 79.9. The number of hydrogen-bond acceptors (Lipinski definition) is 2. The molecule has 0 saturated heterocycles. The molecule has 0 saturated carbocycles. The molecule has 2 aromatic rings. The third kappa shape index (κ3) is 3.06. The Morgan fingerprint density at radius 3 is 2.63 bits per heavy atom. The molecule has 1 N–H and O–H groups in total. The first kappa shape index (κ1) is 13.9. The zero-order chi connectivity index (χ0) is 13.8. The van der Waals surface area contributed by atoms with Gasteiger partial charge in [0.15, 0.2) is 0 Å². The van der Waals surface area contributed by atoms with Crippen LogP contribution in [0.1, 0.15) is 11.6 Å². The van der Waals surface area contributed by atoms with Crippen LogP contribution in [-0.4, -0.2) is 0 Å². The van der Waals surface area contributed by atoms with E-state index in [4.69, 9.17) is 11.6 Å². The Morgan fingerprint density at radius 2 is 1.95 bits per heavy atom. The summed E-state index contributed by atoms with van der Waals surface area (Å²) in [7, 11) is 0. The quantitative estimate of drug-likeness (QED) is 0.861. The highest BCUT2D eigenvalue weighted by Gasteiger charge is 2.17. The number of nitriles is 1. The summed E-state index contributed by atoms with van der Waals surface area (Å²) in [5.41, 5.74) is 0.944. The van der Waals surface area contributed by atoms with Crippen molar-refractivity contribution in [1.82, 2.24) is 0 Å². The van der Waals surface area contributed by atoms with Crippen LogP contribution in [0.5, 0.6) is 0 Å². The van der Waals surface area contributed by atoms with Gasteiger partial charge in [-0.1, -0.05) is 35.9 Å². The number of anilines is 1. The molecule has 0 fully saturated rings. The molecule has 0 amide bonds. The van der Waals surface area contributed by atoms with Gasteiger partial charge in [0.2, 0.25) is 0 Å². The Morgan fingerprint density at radius 1 is 1.21 bits per heavy atom. The zero-order valence-electron chi connectivity index (χ0n) is 9.70. The fourth-order valence-corrected chi connectivity index (χ4v) is 2.24. The molecule has 0 aromatic heterocycles. The minimum Gasteiger partial charge on any atom is -0.365 e. The molecule has 0 heterocycles. The van der Waals surface area contributed by atoms with Gasteiger partial charge in [0.25, 0.3) is 0 Å². The molecule has 0 aliphatic carbocycles. The number of para-hydroxylation sites is 1. The van der Waals surface area contributed by atoms with Crippen molar-refractivity contribution in [2.45, 2.75) is 6.04 Å². The Hall–Kier alpha value is -1.57. The van der Waals surface area contributed by atoms with Gasteiger partial charge < -0.3 is 5.32 Å². The molecule has 0 spiro atoms. The lowest BCUT2D eigenvalue weighted by Gasteiger charge is -2.15. The van der Waals surface area contributed by atoms with E-state index in [9.17, 15) is 9.65 Å². The first-order valence-electron chi connectivity index (χ1n) is 5.48. The van der Waals surface area contributed by atoms with E-state index in [1.54, 1.807) is 18.2 Å². The second kappa shape index (κ2) is 6.05.